The van der Waals surface area contributed by atoms with Gasteiger partial charge in [-0.05, 0) is 5.56 Å². The van der Waals surface area contributed by atoms with E-state index in [1.165, 1.54) is 0 Å². The van der Waals surface area contributed by atoms with Crippen molar-refractivity contribution in [1.29, 1.82) is 0 Å². The lowest BCUT2D eigenvalue weighted by molar-refractivity contribution is -0.123. The van der Waals surface area contributed by atoms with Crippen molar-refractivity contribution in [3.8, 4) is 0 Å². The van der Waals surface area contributed by atoms with Gasteiger partial charge in [0.15, 0.2) is 0 Å². The Labute approximate surface area is 130 Å². The second kappa shape index (κ2) is 7.46. The highest BCUT2D eigenvalue weighted by molar-refractivity contribution is 6.45. The summed E-state index contributed by atoms with van der Waals surface area (Å²) in [5.74, 6) is -1.80. The van der Waals surface area contributed by atoms with Crippen molar-refractivity contribution in [3.63, 3.8) is 0 Å². The Hall–Kier alpha value is -2.55. The van der Waals surface area contributed by atoms with Gasteiger partial charge in [-0.3, -0.25) is 14.4 Å². The molecule has 0 aliphatic rings. The predicted molar refractivity (Wildman–Crippen MR) is 84.9 cm³/mol. The SMILES string of the molecule is CCC(=O)CC(C(=O)C(=O)c1ccccc1)c1ccccc1. The average molecular weight is 294 g/mol. The fourth-order valence-electron chi connectivity index (χ4n) is 2.31. The molecular weight excluding hydrogens is 276 g/mol. The maximum Gasteiger partial charge on any atom is 0.229 e. The number of benzene rings is 2. The Kier molecular flexibility index (Phi) is 5.37. The van der Waals surface area contributed by atoms with E-state index in [1.54, 1.807) is 61.5 Å². The van der Waals surface area contributed by atoms with Crippen molar-refractivity contribution in [2.45, 2.75) is 25.7 Å². The molecule has 1 unspecified atom stereocenters. The van der Waals surface area contributed by atoms with E-state index < -0.39 is 17.5 Å². The van der Waals surface area contributed by atoms with E-state index in [-0.39, 0.29) is 12.2 Å². The van der Waals surface area contributed by atoms with Crippen LogP contribution in [0.3, 0.4) is 0 Å². The molecule has 0 N–H and O–H groups in total. The molecule has 2 aromatic carbocycles. The first-order valence-corrected chi connectivity index (χ1v) is 7.33. The van der Waals surface area contributed by atoms with Crippen molar-refractivity contribution in [2.75, 3.05) is 0 Å². The van der Waals surface area contributed by atoms with E-state index in [0.29, 0.717) is 17.5 Å². The van der Waals surface area contributed by atoms with E-state index in [0.717, 1.165) is 0 Å². The molecule has 1 atom stereocenters. The minimum atomic E-state index is -0.707. The normalized spacial score (nSPS) is 11.7. The molecule has 0 radical (unpaired) electrons. The van der Waals surface area contributed by atoms with Crippen molar-refractivity contribution in [3.05, 3.63) is 71.8 Å². The third kappa shape index (κ3) is 3.76. The molecule has 0 heterocycles. The summed E-state index contributed by atoms with van der Waals surface area (Å²) in [6, 6.07) is 17.5. The van der Waals surface area contributed by atoms with Crippen molar-refractivity contribution < 1.29 is 14.4 Å². The summed E-state index contributed by atoms with van der Waals surface area (Å²) in [6.45, 7) is 1.76. The Morgan fingerprint density at radius 1 is 0.864 bits per heavy atom. The molecule has 22 heavy (non-hydrogen) atoms. The van der Waals surface area contributed by atoms with Gasteiger partial charge in [0, 0.05) is 18.4 Å². The van der Waals surface area contributed by atoms with Crippen LogP contribution in [0.2, 0.25) is 0 Å². The largest absolute Gasteiger partial charge is 0.300 e. The summed E-state index contributed by atoms with van der Waals surface area (Å²) in [6.07, 6.45) is 0.425. The molecule has 0 bridgehead atoms. The van der Waals surface area contributed by atoms with Gasteiger partial charge >= 0.3 is 0 Å². The number of carbonyl (C=O) groups is 3. The van der Waals surface area contributed by atoms with Crippen LogP contribution in [-0.2, 0) is 9.59 Å². The molecule has 0 amide bonds. The van der Waals surface area contributed by atoms with Gasteiger partial charge in [-0.25, -0.2) is 0 Å². The molecule has 2 rings (SSSR count). The first kappa shape index (κ1) is 15.8. The summed E-state index contributed by atoms with van der Waals surface area (Å²) in [5.41, 5.74) is 1.07. The van der Waals surface area contributed by atoms with E-state index in [2.05, 4.69) is 0 Å². The maximum atomic E-state index is 12.6. The van der Waals surface area contributed by atoms with Crippen LogP contribution in [0.1, 0.15) is 41.6 Å². The Balaban J connectivity index is 2.30. The van der Waals surface area contributed by atoms with Gasteiger partial charge < -0.3 is 0 Å². The van der Waals surface area contributed by atoms with Crippen LogP contribution in [-0.4, -0.2) is 17.3 Å². The zero-order valence-corrected chi connectivity index (χ0v) is 12.5. The van der Waals surface area contributed by atoms with Gasteiger partial charge in [-0.2, -0.15) is 0 Å². The lowest BCUT2D eigenvalue weighted by Crippen LogP contribution is -2.24. The Morgan fingerprint density at radius 3 is 1.95 bits per heavy atom. The van der Waals surface area contributed by atoms with Gasteiger partial charge in [0.25, 0.3) is 0 Å². The van der Waals surface area contributed by atoms with Gasteiger partial charge in [-0.15, -0.1) is 0 Å². The molecule has 2 aromatic rings. The minimum absolute atomic E-state index is 0.0249. The number of Topliss-reactive ketones (excluding diaryl/α,β-unsaturated/α-hetero) is 3. The number of rotatable bonds is 7. The predicted octanol–water partition coefficient (Wildman–Crippen LogP) is 3.59. The van der Waals surface area contributed by atoms with Gasteiger partial charge in [-0.1, -0.05) is 67.6 Å². The number of hydrogen-bond donors (Lipinski definition) is 0. The molecule has 3 heteroatoms. The molecule has 0 fully saturated rings. The number of ketones is 3. The monoisotopic (exact) mass is 294 g/mol. The highest BCUT2D eigenvalue weighted by Gasteiger charge is 2.29. The van der Waals surface area contributed by atoms with Crippen LogP contribution >= 0.6 is 0 Å². The summed E-state index contributed by atoms with van der Waals surface area (Å²) < 4.78 is 0. The zero-order valence-electron chi connectivity index (χ0n) is 12.5. The number of carbonyl (C=O) groups excluding carboxylic acids is 3. The highest BCUT2D eigenvalue weighted by Crippen LogP contribution is 2.23. The van der Waals surface area contributed by atoms with Gasteiger partial charge in [0.2, 0.25) is 11.6 Å². The fourth-order valence-corrected chi connectivity index (χ4v) is 2.31. The van der Waals surface area contributed by atoms with Crippen LogP contribution in [0, 0.1) is 0 Å². The third-order valence-corrected chi connectivity index (χ3v) is 3.60. The van der Waals surface area contributed by atoms with Gasteiger partial charge in [0.1, 0.15) is 5.78 Å². The minimum Gasteiger partial charge on any atom is -0.300 e. The van der Waals surface area contributed by atoms with Crippen LogP contribution in [0.4, 0.5) is 0 Å². The van der Waals surface area contributed by atoms with Crippen LogP contribution in [0.25, 0.3) is 0 Å². The Morgan fingerprint density at radius 2 is 1.41 bits per heavy atom. The molecule has 0 saturated carbocycles. The summed E-state index contributed by atoms with van der Waals surface area (Å²) >= 11 is 0. The summed E-state index contributed by atoms with van der Waals surface area (Å²) in [4.78, 5) is 36.8. The molecule has 0 aromatic heterocycles. The number of hydrogen-bond acceptors (Lipinski definition) is 3. The topological polar surface area (TPSA) is 51.2 Å². The van der Waals surface area contributed by atoms with E-state index in [1.807, 2.05) is 6.07 Å². The second-order valence-corrected chi connectivity index (χ2v) is 5.12. The maximum absolute atomic E-state index is 12.6. The zero-order chi connectivity index (χ0) is 15.9. The summed E-state index contributed by atoms with van der Waals surface area (Å²) in [5, 5.41) is 0. The standard InChI is InChI=1S/C19H18O3/c1-2-16(20)13-17(14-9-5-3-6-10-14)19(22)18(21)15-11-7-4-8-12-15/h3-12,17H,2,13H2,1H3. The highest BCUT2D eigenvalue weighted by atomic mass is 16.2. The first-order valence-electron chi connectivity index (χ1n) is 7.33. The molecular formula is C19H18O3. The quantitative estimate of drug-likeness (QED) is 0.579. The lowest BCUT2D eigenvalue weighted by atomic mass is 9.86. The van der Waals surface area contributed by atoms with Gasteiger partial charge in [0.05, 0.1) is 5.92 Å². The first-order chi connectivity index (χ1) is 10.6. The molecule has 0 saturated heterocycles. The van der Waals surface area contributed by atoms with Crippen molar-refractivity contribution in [1.82, 2.24) is 0 Å². The van der Waals surface area contributed by atoms with E-state index in [9.17, 15) is 14.4 Å². The molecule has 3 nitrogen and oxygen atoms in total. The molecule has 0 aliphatic carbocycles. The second-order valence-electron chi connectivity index (χ2n) is 5.12. The lowest BCUT2D eigenvalue weighted by Gasteiger charge is -2.14. The smallest absolute Gasteiger partial charge is 0.229 e. The third-order valence-electron chi connectivity index (χ3n) is 3.60. The molecule has 0 aliphatic heterocycles. The fraction of sp³-hybridized carbons (Fsp3) is 0.211. The van der Waals surface area contributed by atoms with Crippen LogP contribution < -0.4 is 0 Å². The molecule has 0 spiro atoms. The Bertz CT molecular complexity index is 660. The van der Waals surface area contributed by atoms with E-state index in [4.69, 9.17) is 0 Å². The van der Waals surface area contributed by atoms with Crippen LogP contribution in [0.5, 0.6) is 0 Å². The van der Waals surface area contributed by atoms with Crippen molar-refractivity contribution in [2.24, 2.45) is 0 Å². The molecule has 112 valence electrons. The van der Waals surface area contributed by atoms with Crippen molar-refractivity contribution >= 4 is 17.3 Å². The summed E-state index contributed by atoms with van der Waals surface area (Å²) in [7, 11) is 0. The average Bonchev–Trinajstić information content (AvgIpc) is 2.59. The van der Waals surface area contributed by atoms with Crippen LogP contribution in [0.15, 0.2) is 60.7 Å². The van der Waals surface area contributed by atoms with E-state index >= 15 is 0 Å².